The zero-order valence-electron chi connectivity index (χ0n) is 10.4. The lowest BCUT2D eigenvalue weighted by Crippen LogP contribution is -2.02. The van der Waals surface area contributed by atoms with Gasteiger partial charge >= 0.3 is 0 Å². The van der Waals surface area contributed by atoms with Gasteiger partial charge in [-0.05, 0) is 23.7 Å². The Bertz CT molecular complexity index is 717. The average molecular weight is 277 g/mol. The molecular formula is C14H13ClN2O2. The van der Waals surface area contributed by atoms with Crippen molar-refractivity contribution in [2.24, 2.45) is 7.05 Å². The van der Waals surface area contributed by atoms with E-state index in [0.717, 1.165) is 16.6 Å². The second kappa shape index (κ2) is 4.72. The molecule has 1 N–H and O–H groups in total. The van der Waals surface area contributed by atoms with Crippen LogP contribution < -0.4 is 0 Å². The van der Waals surface area contributed by atoms with Crippen LogP contribution in [0.3, 0.4) is 0 Å². The van der Waals surface area contributed by atoms with Gasteiger partial charge in [0.1, 0.15) is 0 Å². The van der Waals surface area contributed by atoms with Crippen molar-refractivity contribution in [3.63, 3.8) is 0 Å². The zero-order chi connectivity index (χ0) is 13.4. The molecule has 0 aliphatic heterocycles. The summed E-state index contributed by atoms with van der Waals surface area (Å²) in [6, 6.07) is 9.62. The Morgan fingerprint density at radius 1 is 1.37 bits per heavy atom. The van der Waals surface area contributed by atoms with Crippen LogP contribution in [-0.4, -0.2) is 14.9 Å². The predicted molar refractivity (Wildman–Crippen MR) is 73.1 cm³/mol. The first-order chi connectivity index (χ1) is 9.16. The van der Waals surface area contributed by atoms with Crippen molar-refractivity contribution in [1.82, 2.24) is 9.78 Å². The summed E-state index contributed by atoms with van der Waals surface area (Å²) in [7, 11) is 1.89. The maximum atomic E-state index is 10.2. The molecule has 0 aliphatic carbocycles. The van der Waals surface area contributed by atoms with Crippen LogP contribution in [0.25, 0.3) is 10.9 Å². The lowest BCUT2D eigenvalue weighted by atomic mass is 10.1. The third-order valence-electron chi connectivity index (χ3n) is 3.23. The maximum Gasteiger partial charge on any atom is 0.198 e. The van der Waals surface area contributed by atoms with E-state index in [9.17, 15) is 5.11 Å². The highest BCUT2D eigenvalue weighted by molar-refractivity contribution is 6.29. The van der Waals surface area contributed by atoms with Gasteiger partial charge in [0.25, 0.3) is 0 Å². The third-order valence-corrected chi connectivity index (χ3v) is 3.53. The minimum atomic E-state index is -0.718. The quantitative estimate of drug-likeness (QED) is 0.800. The molecule has 0 spiro atoms. The second-order valence-corrected chi connectivity index (χ2v) is 4.80. The van der Waals surface area contributed by atoms with E-state index in [1.807, 2.05) is 36.0 Å². The summed E-state index contributed by atoms with van der Waals surface area (Å²) in [5.74, 6) is 0. The predicted octanol–water partition coefficient (Wildman–Crippen LogP) is 3.10. The van der Waals surface area contributed by atoms with Gasteiger partial charge in [-0.3, -0.25) is 4.68 Å². The van der Waals surface area contributed by atoms with Crippen LogP contribution in [0.2, 0.25) is 5.22 Å². The Morgan fingerprint density at radius 2 is 2.16 bits per heavy atom. The molecule has 19 heavy (non-hydrogen) atoms. The fraction of sp³-hybridized carbons (Fsp3) is 0.214. The number of hydrogen-bond donors (Lipinski definition) is 1. The van der Waals surface area contributed by atoms with E-state index in [-0.39, 0.29) is 5.22 Å². The summed E-state index contributed by atoms with van der Waals surface area (Å²) in [4.78, 5) is 0. The average Bonchev–Trinajstić information content (AvgIpc) is 2.95. The number of aromatic nitrogens is 2. The Hall–Kier alpha value is -1.78. The second-order valence-electron chi connectivity index (χ2n) is 4.46. The molecule has 4 nitrogen and oxygen atoms in total. The first-order valence-electron chi connectivity index (χ1n) is 5.98. The van der Waals surface area contributed by atoms with E-state index in [1.54, 1.807) is 6.07 Å². The number of halogens is 1. The number of benzene rings is 1. The van der Waals surface area contributed by atoms with Gasteiger partial charge in [0.15, 0.2) is 5.22 Å². The maximum absolute atomic E-state index is 10.2. The number of aryl methyl sites for hydroxylation is 1. The smallest absolute Gasteiger partial charge is 0.198 e. The third kappa shape index (κ3) is 2.13. The molecule has 0 aliphatic rings. The molecule has 0 amide bonds. The van der Waals surface area contributed by atoms with Gasteiger partial charge in [-0.25, -0.2) is 0 Å². The molecule has 98 valence electrons. The molecule has 3 rings (SSSR count). The van der Waals surface area contributed by atoms with Crippen molar-refractivity contribution >= 4 is 22.5 Å². The van der Waals surface area contributed by atoms with E-state index in [0.29, 0.717) is 12.0 Å². The number of aliphatic hydroxyl groups excluding tert-OH is 1. The first kappa shape index (κ1) is 12.3. The SMILES string of the molecule is Cn1nc(CC(O)c2ccoc2Cl)c2ccccc21. The summed E-state index contributed by atoms with van der Waals surface area (Å²) >= 11 is 5.87. The lowest BCUT2D eigenvalue weighted by molar-refractivity contribution is 0.176. The highest BCUT2D eigenvalue weighted by Crippen LogP contribution is 2.28. The number of rotatable bonds is 3. The van der Waals surface area contributed by atoms with Crippen LogP contribution in [0.5, 0.6) is 0 Å². The van der Waals surface area contributed by atoms with Crippen LogP contribution in [0.1, 0.15) is 17.4 Å². The minimum absolute atomic E-state index is 0.229. The normalized spacial score (nSPS) is 13.0. The van der Waals surface area contributed by atoms with Gasteiger partial charge in [0, 0.05) is 24.4 Å². The summed E-state index contributed by atoms with van der Waals surface area (Å²) in [6.45, 7) is 0. The van der Waals surface area contributed by atoms with Gasteiger partial charge < -0.3 is 9.52 Å². The molecule has 2 aromatic heterocycles. The molecule has 1 aromatic carbocycles. The monoisotopic (exact) mass is 276 g/mol. The van der Waals surface area contributed by atoms with E-state index >= 15 is 0 Å². The fourth-order valence-electron chi connectivity index (χ4n) is 2.28. The van der Waals surface area contributed by atoms with Crippen molar-refractivity contribution in [2.75, 3.05) is 0 Å². The van der Waals surface area contributed by atoms with Crippen LogP contribution in [-0.2, 0) is 13.5 Å². The van der Waals surface area contributed by atoms with E-state index in [1.165, 1.54) is 6.26 Å². The summed E-state index contributed by atoms with van der Waals surface area (Å²) in [5, 5.41) is 15.9. The van der Waals surface area contributed by atoms with Crippen LogP contribution >= 0.6 is 11.6 Å². The number of para-hydroxylation sites is 1. The summed E-state index contributed by atoms with van der Waals surface area (Å²) in [6.07, 6.45) is 1.16. The molecular weight excluding hydrogens is 264 g/mol. The number of furan rings is 1. The van der Waals surface area contributed by atoms with Crippen LogP contribution in [0.15, 0.2) is 41.0 Å². The van der Waals surface area contributed by atoms with Crippen molar-refractivity contribution < 1.29 is 9.52 Å². The van der Waals surface area contributed by atoms with E-state index in [4.69, 9.17) is 16.0 Å². The first-order valence-corrected chi connectivity index (χ1v) is 6.36. The number of aliphatic hydroxyl groups is 1. The van der Waals surface area contributed by atoms with Crippen molar-refractivity contribution in [1.29, 1.82) is 0 Å². The fourth-order valence-corrected chi connectivity index (χ4v) is 2.52. The molecule has 0 radical (unpaired) electrons. The largest absolute Gasteiger partial charge is 0.453 e. The zero-order valence-corrected chi connectivity index (χ0v) is 11.1. The van der Waals surface area contributed by atoms with Gasteiger partial charge in [-0.2, -0.15) is 5.10 Å². The molecule has 0 saturated heterocycles. The Balaban J connectivity index is 1.96. The van der Waals surface area contributed by atoms with Crippen LogP contribution in [0, 0.1) is 0 Å². The van der Waals surface area contributed by atoms with Gasteiger partial charge in [-0.15, -0.1) is 0 Å². The van der Waals surface area contributed by atoms with Crippen molar-refractivity contribution in [3.05, 3.63) is 53.1 Å². The molecule has 0 bridgehead atoms. The summed E-state index contributed by atoms with van der Waals surface area (Å²) in [5.41, 5.74) is 2.49. The van der Waals surface area contributed by atoms with Gasteiger partial charge in [0.2, 0.25) is 0 Å². The Morgan fingerprint density at radius 3 is 2.89 bits per heavy atom. The van der Waals surface area contributed by atoms with Crippen molar-refractivity contribution in [3.8, 4) is 0 Å². The molecule has 3 aromatic rings. The van der Waals surface area contributed by atoms with Crippen LogP contribution in [0.4, 0.5) is 0 Å². The highest BCUT2D eigenvalue weighted by Gasteiger charge is 2.18. The van der Waals surface area contributed by atoms with E-state index in [2.05, 4.69) is 5.10 Å². The Labute approximate surface area is 115 Å². The standard InChI is InChI=1S/C14H13ClN2O2/c1-17-12-5-3-2-4-9(12)11(16-17)8-13(18)10-6-7-19-14(10)15/h2-7,13,18H,8H2,1H3. The minimum Gasteiger partial charge on any atom is -0.453 e. The molecule has 1 atom stereocenters. The molecule has 2 heterocycles. The van der Waals surface area contributed by atoms with Gasteiger partial charge in [0.05, 0.1) is 23.6 Å². The summed E-state index contributed by atoms with van der Waals surface area (Å²) < 4.78 is 6.81. The molecule has 0 saturated carbocycles. The number of hydrogen-bond acceptors (Lipinski definition) is 3. The van der Waals surface area contributed by atoms with E-state index < -0.39 is 6.10 Å². The molecule has 5 heteroatoms. The number of nitrogens with zero attached hydrogens (tertiary/aromatic N) is 2. The number of fused-ring (bicyclic) bond motifs is 1. The topological polar surface area (TPSA) is 51.2 Å². The van der Waals surface area contributed by atoms with Gasteiger partial charge in [-0.1, -0.05) is 18.2 Å². The van der Waals surface area contributed by atoms with Crippen molar-refractivity contribution in [2.45, 2.75) is 12.5 Å². The lowest BCUT2D eigenvalue weighted by Gasteiger charge is -2.07. The highest BCUT2D eigenvalue weighted by atomic mass is 35.5. The Kier molecular flexibility index (Phi) is 3.05. The molecule has 1 unspecified atom stereocenters. The molecule has 0 fully saturated rings.